The van der Waals surface area contributed by atoms with Crippen molar-refractivity contribution in [3.05, 3.63) is 6.07 Å². The Bertz CT molecular complexity index is 546. The molecule has 0 aromatic carbocycles. The van der Waals surface area contributed by atoms with Crippen molar-refractivity contribution in [1.29, 1.82) is 0 Å². The average Bonchev–Trinajstić information content (AvgIpc) is 2.65. The van der Waals surface area contributed by atoms with Gasteiger partial charge in [0.15, 0.2) is 9.84 Å². The van der Waals surface area contributed by atoms with E-state index in [0.29, 0.717) is 18.1 Å². The van der Waals surface area contributed by atoms with Crippen LogP contribution in [0.1, 0.15) is 19.8 Å². The molecule has 8 heteroatoms. The number of rotatable bonds is 5. The highest BCUT2D eigenvalue weighted by Crippen LogP contribution is 2.18. The van der Waals surface area contributed by atoms with E-state index >= 15 is 0 Å². The van der Waals surface area contributed by atoms with Crippen LogP contribution in [0, 0.1) is 0 Å². The molecule has 1 aliphatic rings. The van der Waals surface area contributed by atoms with Crippen LogP contribution in [0.2, 0.25) is 0 Å². The van der Waals surface area contributed by atoms with Crippen molar-refractivity contribution >= 4 is 27.4 Å². The Kier molecular flexibility index (Phi) is 4.08. The van der Waals surface area contributed by atoms with E-state index in [9.17, 15) is 8.42 Å². The van der Waals surface area contributed by atoms with E-state index in [1.54, 1.807) is 6.07 Å². The summed E-state index contributed by atoms with van der Waals surface area (Å²) in [6.45, 7) is 2.85. The molecule has 106 valence electrons. The zero-order chi connectivity index (χ0) is 13.9. The molecule has 7 nitrogen and oxygen atoms in total. The van der Waals surface area contributed by atoms with Gasteiger partial charge in [0.05, 0.1) is 11.5 Å². The Balaban J connectivity index is 2.06. The summed E-state index contributed by atoms with van der Waals surface area (Å²) in [5, 5.41) is 6.23. The molecule has 1 fully saturated rings. The number of nitrogens with two attached hydrogens (primary N) is 1. The van der Waals surface area contributed by atoms with E-state index in [4.69, 9.17) is 5.73 Å². The summed E-state index contributed by atoms with van der Waals surface area (Å²) in [6, 6.07) is 1.65. The first kappa shape index (κ1) is 13.9. The van der Waals surface area contributed by atoms with E-state index in [-0.39, 0.29) is 23.5 Å². The monoisotopic (exact) mass is 285 g/mol. The van der Waals surface area contributed by atoms with Crippen LogP contribution in [0.25, 0.3) is 0 Å². The lowest BCUT2D eigenvalue weighted by molar-refractivity contribution is 0.602. The molecule has 19 heavy (non-hydrogen) atoms. The zero-order valence-electron chi connectivity index (χ0n) is 10.9. The van der Waals surface area contributed by atoms with Crippen molar-refractivity contribution in [1.82, 2.24) is 9.97 Å². The molecule has 2 heterocycles. The molecule has 1 aromatic rings. The number of hydrogen-bond donors (Lipinski definition) is 3. The van der Waals surface area contributed by atoms with Crippen molar-refractivity contribution < 1.29 is 8.42 Å². The Morgan fingerprint density at radius 1 is 1.42 bits per heavy atom. The quantitative estimate of drug-likeness (QED) is 0.721. The Morgan fingerprint density at radius 3 is 2.79 bits per heavy atom. The van der Waals surface area contributed by atoms with Crippen LogP contribution >= 0.6 is 0 Å². The van der Waals surface area contributed by atoms with Gasteiger partial charge in [-0.05, 0) is 12.8 Å². The maximum absolute atomic E-state index is 11.4. The summed E-state index contributed by atoms with van der Waals surface area (Å²) in [5.41, 5.74) is 5.64. The minimum Gasteiger partial charge on any atom is -0.370 e. The van der Waals surface area contributed by atoms with Gasteiger partial charge in [0.2, 0.25) is 5.95 Å². The summed E-state index contributed by atoms with van der Waals surface area (Å²) in [6.07, 6.45) is 1.58. The van der Waals surface area contributed by atoms with E-state index < -0.39 is 9.84 Å². The number of hydrogen-bond acceptors (Lipinski definition) is 7. The topological polar surface area (TPSA) is 110 Å². The van der Waals surface area contributed by atoms with Crippen molar-refractivity contribution in [2.45, 2.75) is 25.8 Å². The van der Waals surface area contributed by atoms with Gasteiger partial charge >= 0.3 is 0 Å². The lowest BCUT2D eigenvalue weighted by atomic mass is 10.2. The summed E-state index contributed by atoms with van der Waals surface area (Å²) in [4.78, 5) is 8.15. The maximum atomic E-state index is 11.4. The molecule has 1 aromatic heterocycles. The molecule has 1 atom stereocenters. The second-order valence-corrected chi connectivity index (χ2v) is 6.90. The first-order chi connectivity index (χ1) is 8.98. The van der Waals surface area contributed by atoms with Crippen molar-refractivity contribution in [3.8, 4) is 0 Å². The summed E-state index contributed by atoms with van der Waals surface area (Å²) in [7, 11) is -2.90. The van der Waals surface area contributed by atoms with Crippen LogP contribution in [-0.2, 0) is 9.84 Å². The van der Waals surface area contributed by atoms with Gasteiger partial charge < -0.3 is 16.4 Å². The normalized spacial score (nSPS) is 21.2. The third-order valence-electron chi connectivity index (χ3n) is 2.88. The minimum absolute atomic E-state index is 0.0988. The van der Waals surface area contributed by atoms with E-state index in [0.717, 1.165) is 13.0 Å². The molecule has 2 rings (SSSR count). The van der Waals surface area contributed by atoms with Gasteiger partial charge in [-0.2, -0.15) is 9.97 Å². The smallest absolute Gasteiger partial charge is 0.223 e. The number of anilines is 3. The standard InChI is InChI=1S/C11H19N5O2S/c1-2-4-13-9-6-10(16-11(12)15-9)14-8-3-5-19(17,18)7-8/h6,8H,2-5,7H2,1H3,(H4,12,13,14,15,16). The molecule has 4 N–H and O–H groups in total. The van der Waals surface area contributed by atoms with Crippen LogP contribution in [0.15, 0.2) is 6.07 Å². The van der Waals surface area contributed by atoms with Crippen molar-refractivity contribution in [3.63, 3.8) is 0 Å². The van der Waals surface area contributed by atoms with Crippen molar-refractivity contribution in [2.24, 2.45) is 0 Å². The molecular weight excluding hydrogens is 266 g/mol. The largest absolute Gasteiger partial charge is 0.370 e. The van der Waals surface area contributed by atoms with Gasteiger partial charge in [-0.1, -0.05) is 6.92 Å². The predicted molar refractivity (Wildman–Crippen MR) is 75.9 cm³/mol. The minimum atomic E-state index is -2.90. The van der Waals surface area contributed by atoms with E-state index in [1.807, 2.05) is 0 Å². The number of sulfone groups is 1. The first-order valence-corrected chi connectivity index (χ1v) is 8.16. The van der Waals surface area contributed by atoms with Crippen LogP contribution in [0.5, 0.6) is 0 Å². The second kappa shape index (κ2) is 5.60. The number of nitrogens with zero attached hydrogens (tertiary/aromatic N) is 2. The fourth-order valence-corrected chi connectivity index (χ4v) is 3.67. The molecule has 0 amide bonds. The summed E-state index contributed by atoms with van der Waals surface area (Å²) >= 11 is 0. The molecule has 0 bridgehead atoms. The Labute approximate surface area is 112 Å². The van der Waals surface area contributed by atoms with Crippen LogP contribution in [0.3, 0.4) is 0 Å². The molecule has 1 unspecified atom stereocenters. The molecule has 0 aliphatic carbocycles. The van der Waals surface area contributed by atoms with Crippen LogP contribution < -0.4 is 16.4 Å². The van der Waals surface area contributed by atoms with Crippen molar-refractivity contribution in [2.75, 3.05) is 34.4 Å². The van der Waals surface area contributed by atoms with Gasteiger partial charge in [0.25, 0.3) is 0 Å². The summed E-state index contributed by atoms with van der Waals surface area (Å²) in [5.74, 6) is 1.76. The highest BCUT2D eigenvalue weighted by Gasteiger charge is 2.28. The van der Waals surface area contributed by atoms with Gasteiger partial charge in [-0.25, -0.2) is 8.42 Å². The fraction of sp³-hybridized carbons (Fsp3) is 0.636. The van der Waals surface area contributed by atoms with Crippen LogP contribution in [-0.4, -0.2) is 42.5 Å². The molecular formula is C11H19N5O2S. The zero-order valence-corrected chi connectivity index (χ0v) is 11.7. The Hall–Kier alpha value is -1.57. The first-order valence-electron chi connectivity index (χ1n) is 6.34. The van der Waals surface area contributed by atoms with Gasteiger partial charge in [0, 0.05) is 18.7 Å². The summed E-state index contributed by atoms with van der Waals surface area (Å²) < 4.78 is 22.8. The molecule has 1 saturated heterocycles. The molecule has 0 saturated carbocycles. The lowest BCUT2D eigenvalue weighted by Gasteiger charge is -2.13. The fourth-order valence-electron chi connectivity index (χ4n) is 2.00. The Morgan fingerprint density at radius 2 is 2.16 bits per heavy atom. The highest BCUT2D eigenvalue weighted by molar-refractivity contribution is 7.91. The van der Waals surface area contributed by atoms with Crippen LogP contribution in [0.4, 0.5) is 17.6 Å². The third-order valence-corrected chi connectivity index (χ3v) is 4.65. The predicted octanol–water partition coefficient (Wildman–Crippen LogP) is 0.480. The average molecular weight is 285 g/mol. The molecule has 0 spiro atoms. The maximum Gasteiger partial charge on any atom is 0.223 e. The second-order valence-electron chi connectivity index (χ2n) is 4.67. The third kappa shape index (κ3) is 3.95. The number of nitrogens with one attached hydrogen (secondary N) is 2. The van der Waals surface area contributed by atoms with E-state index in [1.165, 1.54) is 0 Å². The van der Waals surface area contributed by atoms with Gasteiger partial charge in [-0.15, -0.1) is 0 Å². The molecule has 1 aliphatic heterocycles. The SMILES string of the molecule is CCCNc1cc(NC2CCS(=O)(=O)C2)nc(N)n1. The number of aromatic nitrogens is 2. The highest BCUT2D eigenvalue weighted by atomic mass is 32.2. The molecule has 0 radical (unpaired) electrons. The van der Waals surface area contributed by atoms with Gasteiger partial charge in [0.1, 0.15) is 11.6 Å². The van der Waals surface area contributed by atoms with Gasteiger partial charge in [-0.3, -0.25) is 0 Å². The number of nitrogen functional groups attached to an aromatic ring is 1. The lowest BCUT2D eigenvalue weighted by Crippen LogP contribution is -2.21. The van der Waals surface area contributed by atoms with E-state index in [2.05, 4.69) is 27.5 Å².